The third-order valence-corrected chi connectivity index (χ3v) is 3.76. The number of anilines is 1. The molecule has 0 aromatic carbocycles. The molecular formula is C16H22N4O2. The summed E-state index contributed by atoms with van der Waals surface area (Å²) in [6.45, 7) is 6.49. The largest absolute Gasteiger partial charge is 0.381 e. The topological polar surface area (TPSA) is 61.1 Å². The van der Waals surface area contributed by atoms with Gasteiger partial charge in [-0.2, -0.15) is 5.10 Å². The highest BCUT2D eigenvalue weighted by atomic mass is 16.5. The van der Waals surface area contributed by atoms with Gasteiger partial charge in [-0.05, 0) is 32.4 Å². The number of ether oxygens (including phenoxy) is 1. The van der Waals surface area contributed by atoms with Crippen LogP contribution in [0.2, 0.25) is 0 Å². The highest BCUT2D eigenvalue weighted by molar-refractivity contribution is 5.43. The molecule has 22 heavy (non-hydrogen) atoms. The van der Waals surface area contributed by atoms with Crippen LogP contribution >= 0.6 is 0 Å². The minimum Gasteiger partial charge on any atom is -0.381 e. The molecule has 1 fully saturated rings. The van der Waals surface area contributed by atoms with Crippen LogP contribution in [0.5, 0.6) is 0 Å². The molecule has 1 atom stereocenters. The van der Waals surface area contributed by atoms with Gasteiger partial charge in [-0.1, -0.05) is 0 Å². The predicted molar refractivity (Wildman–Crippen MR) is 85.5 cm³/mol. The van der Waals surface area contributed by atoms with E-state index in [9.17, 15) is 4.79 Å². The molecule has 3 heterocycles. The Morgan fingerprint density at radius 1 is 1.50 bits per heavy atom. The van der Waals surface area contributed by atoms with E-state index in [1.807, 2.05) is 30.8 Å². The van der Waals surface area contributed by atoms with E-state index in [4.69, 9.17) is 4.74 Å². The molecule has 1 aliphatic heterocycles. The highest BCUT2D eigenvalue weighted by Gasteiger charge is 2.17. The van der Waals surface area contributed by atoms with Crippen molar-refractivity contribution in [2.75, 3.05) is 18.5 Å². The molecule has 0 bridgehead atoms. The number of rotatable bonds is 5. The molecule has 6 heteroatoms. The Bertz CT molecular complexity index is 683. The average molecular weight is 302 g/mol. The molecule has 1 aliphatic rings. The fourth-order valence-electron chi connectivity index (χ4n) is 2.69. The van der Waals surface area contributed by atoms with E-state index in [0.717, 1.165) is 31.9 Å². The van der Waals surface area contributed by atoms with Crippen LogP contribution in [0.3, 0.4) is 0 Å². The Labute approximate surface area is 129 Å². The van der Waals surface area contributed by atoms with Crippen LogP contribution in [-0.2, 0) is 11.3 Å². The molecule has 0 radical (unpaired) electrons. The zero-order chi connectivity index (χ0) is 15.5. The van der Waals surface area contributed by atoms with Crippen molar-refractivity contribution in [3.05, 3.63) is 41.1 Å². The molecule has 0 saturated carbocycles. The number of aromatic nitrogens is 3. The molecule has 1 N–H and O–H groups in total. The Morgan fingerprint density at radius 3 is 3.09 bits per heavy atom. The second kappa shape index (κ2) is 6.36. The lowest BCUT2D eigenvalue weighted by Gasteiger charge is -2.11. The Hall–Kier alpha value is -2.08. The van der Waals surface area contributed by atoms with Crippen LogP contribution in [0.15, 0.2) is 35.5 Å². The molecule has 2 aromatic heterocycles. The average Bonchev–Trinajstić information content (AvgIpc) is 3.13. The second-order valence-electron chi connectivity index (χ2n) is 6.05. The van der Waals surface area contributed by atoms with Crippen molar-refractivity contribution in [3.8, 4) is 5.69 Å². The second-order valence-corrected chi connectivity index (χ2v) is 6.05. The summed E-state index contributed by atoms with van der Waals surface area (Å²) in [7, 11) is 0. The van der Waals surface area contributed by atoms with Gasteiger partial charge in [0.05, 0.1) is 18.5 Å². The van der Waals surface area contributed by atoms with E-state index in [2.05, 4.69) is 10.4 Å². The van der Waals surface area contributed by atoms with Gasteiger partial charge in [0.1, 0.15) is 5.69 Å². The van der Waals surface area contributed by atoms with Gasteiger partial charge < -0.3 is 10.1 Å². The minimum absolute atomic E-state index is 0.0556. The van der Waals surface area contributed by atoms with Crippen LogP contribution < -0.4 is 10.9 Å². The number of hydrogen-bond donors (Lipinski definition) is 1. The minimum atomic E-state index is -0.0556. The van der Waals surface area contributed by atoms with Gasteiger partial charge in [0, 0.05) is 37.5 Å². The Balaban J connectivity index is 1.82. The van der Waals surface area contributed by atoms with Crippen molar-refractivity contribution in [3.63, 3.8) is 0 Å². The lowest BCUT2D eigenvalue weighted by atomic mass is 10.1. The standard InChI is InChI=1S/C16H22N4O2/c1-12(2)18-15-4-3-6-20(16(15)21)14-8-17-19(10-14)9-13-5-7-22-11-13/h3-4,6,8,10,12-13,18H,5,7,9,11H2,1-2H3/t13-/m1/s1. The van der Waals surface area contributed by atoms with E-state index in [0.29, 0.717) is 11.6 Å². The normalized spacial score (nSPS) is 18.0. The summed E-state index contributed by atoms with van der Waals surface area (Å²) in [4.78, 5) is 12.5. The van der Waals surface area contributed by atoms with E-state index < -0.39 is 0 Å². The van der Waals surface area contributed by atoms with Crippen LogP contribution in [0.25, 0.3) is 5.69 Å². The number of nitrogens with zero attached hydrogens (tertiary/aromatic N) is 3. The van der Waals surface area contributed by atoms with Gasteiger partial charge in [-0.25, -0.2) is 0 Å². The number of pyridine rings is 1. The van der Waals surface area contributed by atoms with E-state index >= 15 is 0 Å². The zero-order valence-corrected chi connectivity index (χ0v) is 13.0. The predicted octanol–water partition coefficient (Wildman–Crippen LogP) is 1.89. The van der Waals surface area contributed by atoms with Crippen LogP contribution in [-0.4, -0.2) is 33.6 Å². The maximum atomic E-state index is 12.5. The van der Waals surface area contributed by atoms with Crippen LogP contribution in [0.1, 0.15) is 20.3 Å². The molecule has 0 amide bonds. The molecule has 0 spiro atoms. The van der Waals surface area contributed by atoms with Gasteiger partial charge in [-0.3, -0.25) is 14.0 Å². The Kier molecular flexibility index (Phi) is 4.29. The summed E-state index contributed by atoms with van der Waals surface area (Å²) in [6, 6.07) is 3.89. The van der Waals surface area contributed by atoms with Crippen molar-refractivity contribution in [2.24, 2.45) is 5.92 Å². The van der Waals surface area contributed by atoms with E-state index in [1.54, 1.807) is 23.0 Å². The van der Waals surface area contributed by atoms with Gasteiger partial charge in [0.15, 0.2) is 0 Å². The first kappa shape index (κ1) is 14.8. The summed E-state index contributed by atoms with van der Waals surface area (Å²) in [5, 5.41) is 7.54. The fourth-order valence-corrected chi connectivity index (χ4v) is 2.69. The van der Waals surface area contributed by atoms with Crippen molar-refractivity contribution >= 4 is 5.69 Å². The first-order valence-electron chi connectivity index (χ1n) is 7.72. The number of nitrogens with one attached hydrogen (secondary N) is 1. The monoisotopic (exact) mass is 302 g/mol. The fraction of sp³-hybridized carbons (Fsp3) is 0.500. The molecule has 6 nitrogen and oxygen atoms in total. The summed E-state index contributed by atoms with van der Waals surface area (Å²) >= 11 is 0. The smallest absolute Gasteiger partial charge is 0.278 e. The molecule has 0 unspecified atom stereocenters. The molecule has 3 rings (SSSR count). The third-order valence-electron chi connectivity index (χ3n) is 3.76. The van der Waals surface area contributed by atoms with Crippen molar-refractivity contribution in [2.45, 2.75) is 32.9 Å². The maximum Gasteiger partial charge on any atom is 0.278 e. The first-order valence-corrected chi connectivity index (χ1v) is 7.72. The molecular weight excluding hydrogens is 280 g/mol. The maximum absolute atomic E-state index is 12.5. The molecule has 2 aromatic rings. The summed E-state index contributed by atoms with van der Waals surface area (Å²) in [5.74, 6) is 0.512. The first-order chi connectivity index (χ1) is 10.6. The van der Waals surface area contributed by atoms with Gasteiger partial charge in [-0.15, -0.1) is 0 Å². The van der Waals surface area contributed by atoms with Gasteiger partial charge in [0.2, 0.25) is 0 Å². The van der Waals surface area contributed by atoms with Crippen LogP contribution in [0.4, 0.5) is 5.69 Å². The lowest BCUT2D eigenvalue weighted by Crippen LogP contribution is -2.24. The SMILES string of the molecule is CC(C)Nc1cccn(-c2cnn(C[C@H]3CCOC3)c2)c1=O. The molecule has 1 saturated heterocycles. The zero-order valence-electron chi connectivity index (χ0n) is 13.0. The van der Waals surface area contributed by atoms with E-state index in [1.165, 1.54) is 0 Å². The highest BCUT2D eigenvalue weighted by Crippen LogP contribution is 2.15. The lowest BCUT2D eigenvalue weighted by molar-refractivity contribution is 0.181. The van der Waals surface area contributed by atoms with Crippen molar-refractivity contribution in [1.82, 2.24) is 14.3 Å². The van der Waals surface area contributed by atoms with Gasteiger partial charge in [0.25, 0.3) is 5.56 Å². The summed E-state index contributed by atoms with van der Waals surface area (Å²) in [5.41, 5.74) is 1.34. The van der Waals surface area contributed by atoms with Crippen molar-refractivity contribution in [1.29, 1.82) is 0 Å². The third kappa shape index (κ3) is 3.22. The Morgan fingerprint density at radius 2 is 2.36 bits per heavy atom. The van der Waals surface area contributed by atoms with Crippen LogP contribution in [0, 0.1) is 5.92 Å². The van der Waals surface area contributed by atoms with E-state index in [-0.39, 0.29) is 11.6 Å². The van der Waals surface area contributed by atoms with Crippen molar-refractivity contribution < 1.29 is 4.74 Å². The molecule has 0 aliphatic carbocycles. The van der Waals surface area contributed by atoms with Gasteiger partial charge >= 0.3 is 0 Å². The quantitative estimate of drug-likeness (QED) is 0.916. The summed E-state index contributed by atoms with van der Waals surface area (Å²) in [6.07, 6.45) is 6.49. The summed E-state index contributed by atoms with van der Waals surface area (Å²) < 4.78 is 8.90. The molecule has 118 valence electrons. The number of hydrogen-bond acceptors (Lipinski definition) is 4.